The van der Waals surface area contributed by atoms with Gasteiger partial charge in [0.25, 0.3) is 0 Å². The lowest BCUT2D eigenvalue weighted by Gasteiger charge is -2.54. The van der Waals surface area contributed by atoms with Crippen molar-refractivity contribution in [1.29, 1.82) is 0 Å². The molecule has 0 unspecified atom stereocenters. The topological polar surface area (TPSA) is 41.1 Å². The molecule has 3 nitrogen and oxygen atoms in total. The number of carbonyl (C=O) groups is 1. The monoisotopic (exact) mass is 264 g/mol. The van der Waals surface area contributed by atoms with E-state index in [4.69, 9.17) is 0 Å². The van der Waals surface area contributed by atoms with E-state index in [1.54, 1.807) is 0 Å². The summed E-state index contributed by atoms with van der Waals surface area (Å²) in [6.45, 7) is 6.75. The lowest BCUT2D eigenvalue weighted by molar-refractivity contribution is -0.124. The van der Waals surface area contributed by atoms with Crippen LogP contribution in [0.5, 0.6) is 0 Å². The van der Waals surface area contributed by atoms with Gasteiger partial charge in [-0.3, -0.25) is 4.79 Å². The lowest BCUT2D eigenvalue weighted by Crippen LogP contribution is -2.57. The van der Waals surface area contributed by atoms with Crippen molar-refractivity contribution in [2.45, 2.75) is 64.5 Å². The van der Waals surface area contributed by atoms with Gasteiger partial charge in [-0.15, -0.1) is 0 Å². The molecule has 4 bridgehead atoms. The van der Waals surface area contributed by atoms with E-state index in [9.17, 15) is 4.79 Å². The van der Waals surface area contributed by atoms with Gasteiger partial charge >= 0.3 is 0 Å². The Labute approximate surface area is 116 Å². The molecule has 0 heterocycles. The molecule has 0 saturated heterocycles. The van der Waals surface area contributed by atoms with Crippen molar-refractivity contribution in [2.75, 3.05) is 6.54 Å². The summed E-state index contributed by atoms with van der Waals surface area (Å²) in [5.74, 6) is 3.68. The van der Waals surface area contributed by atoms with Crippen molar-refractivity contribution in [3.05, 3.63) is 0 Å². The first kappa shape index (κ1) is 13.4. The number of hydrogen-bond acceptors (Lipinski definition) is 2. The summed E-state index contributed by atoms with van der Waals surface area (Å²) in [6, 6.07) is 0.474. The van der Waals surface area contributed by atoms with Gasteiger partial charge in [0.1, 0.15) is 0 Å². The van der Waals surface area contributed by atoms with E-state index in [-0.39, 0.29) is 11.4 Å². The first-order chi connectivity index (χ1) is 8.90. The minimum atomic E-state index is 0.0153. The van der Waals surface area contributed by atoms with E-state index in [1.165, 1.54) is 32.1 Å². The third kappa shape index (κ3) is 2.96. The standard InChI is InChI=1S/C16H28N2O/c1-16(2,3)17-9-14(19)18-15-12-5-10-4-11(7-12)8-13(15)6-10/h10-13,15,17H,4-9H2,1-3H3,(H,18,19). The van der Waals surface area contributed by atoms with Crippen molar-refractivity contribution in [1.82, 2.24) is 10.6 Å². The predicted molar refractivity (Wildman–Crippen MR) is 76.7 cm³/mol. The normalized spacial score (nSPS) is 40.5. The van der Waals surface area contributed by atoms with E-state index in [1.807, 2.05) is 0 Å². The van der Waals surface area contributed by atoms with Crippen LogP contribution < -0.4 is 10.6 Å². The van der Waals surface area contributed by atoms with Gasteiger partial charge in [-0.05, 0) is 76.5 Å². The molecular formula is C16H28N2O. The predicted octanol–water partition coefficient (Wildman–Crippen LogP) is 2.32. The van der Waals surface area contributed by atoms with Crippen LogP contribution in [-0.4, -0.2) is 24.0 Å². The van der Waals surface area contributed by atoms with E-state index >= 15 is 0 Å². The van der Waals surface area contributed by atoms with Crippen molar-refractivity contribution in [3.63, 3.8) is 0 Å². The second-order valence-corrected chi connectivity index (χ2v) is 8.13. The van der Waals surface area contributed by atoms with Gasteiger partial charge in [-0.25, -0.2) is 0 Å². The second-order valence-electron chi connectivity index (χ2n) is 8.13. The van der Waals surface area contributed by atoms with Crippen molar-refractivity contribution in [2.24, 2.45) is 23.7 Å². The Morgan fingerprint density at radius 3 is 2.00 bits per heavy atom. The van der Waals surface area contributed by atoms with Gasteiger partial charge in [-0.2, -0.15) is 0 Å². The van der Waals surface area contributed by atoms with Crippen LogP contribution in [0.25, 0.3) is 0 Å². The molecule has 4 saturated carbocycles. The molecule has 4 fully saturated rings. The maximum Gasteiger partial charge on any atom is 0.234 e. The molecule has 4 rings (SSSR count). The summed E-state index contributed by atoms with van der Waals surface area (Å²) < 4.78 is 0. The summed E-state index contributed by atoms with van der Waals surface area (Å²) in [5.41, 5.74) is 0.0153. The molecule has 4 aliphatic carbocycles. The second kappa shape index (κ2) is 4.76. The summed E-state index contributed by atoms with van der Waals surface area (Å²) >= 11 is 0. The quantitative estimate of drug-likeness (QED) is 0.821. The first-order valence-corrected chi connectivity index (χ1v) is 7.95. The minimum absolute atomic E-state index is 0.0153. The lowest BCUT2D eigenvalue weighted by atomic mass is 9.54. The number of nitrogens with one attached hydrogen (secondary N) is 2. The van der Waals surface area contributed by atoms with Crippen LogP contribution in [0.2, 0.25) is 0 Å². The third-order valence-electron chi connectivity index (χ3n) is 5.33. The van der Waals surface area contributed by atoms with Gasteiger partial charge in [0.2, 0.25) is 5.91 Å². The summed E-state index contributed by atoms with van der Waals surface area (Å²) in [6.07, 6.45) is 6.93. The Hall–Kier alpha value is -0.570. The molecule has 108 valence electrons. The van der Waals surface area contributed by atoms with Gasteiger partial charge in [-0.1, -0.05) is 0 Å². The molecule has 0 aromatic rings. The van der Waals surface area contributed by atoms with Crippen LogP contribution in [0.15, 0.2) is 0 Å². The molecule has 1 amide bonds. The fraction of sp³-hybridized carbons (Fsp3) is 0.938. The molecule has 2 N–H and O–H groups in total. The maximum absolute atomic E-state index is 12.1. The number of carbonyl (C=O) groups excluding carboxylic acids is 1. The highest BCUT2D eigenvalue weighted by molar-refractivity contribution is 5.78. The number of amides is 1. The zero-order chi connectivity index (χ0) is 13.6. The average Bonchev–Trinajstić information content (AvgIpc) is 2.29. The van der Waals surface area contributed by atoms with E-state index in [0.29, 0.717) is 12.6 Å². The Bertz CT molecular complexity index is 330. The van der Waals surface area contributed by atoms with Crippen LogP contribution in [0, 0.1) is 23.7 Å². The van der Waals surface area contributed by atoms with Crippen molar-refractivity contribution >= 4 is 5.91 Å². The Morgan fingerprint density at radius 2 is 1.53 bits per heavy atom. The molecule has 0 aliphatic heterocycles. The fourth-order valence-electron chi connectivity index (χ4n) is 4.74. The molecule has 0 spiro atoms. The summed E-state index contributed by atoms with van der Waals surface area (Å²) in [7, 11) is 0. The number of rotatable bonds is 3. The highest BCUT2D eigenvalue weighted by atomic mass is 16.2. The average molecular weight is 264 g/mol. The minimum Gasteiger partial charge on any atom is -0.352 e. The van der Waals surface area contributed by atoms with Crippen molar-refractivity contribution in [3.8, 4) is 0 Å². The third-order valence-corrected chi connectivity index (χ3v) is 5.33. The Kier molecular flexibility index (Phi) is 3.36. The van der Waals surface area contributed by atoms with Crippen LogP contribution in [0.4, 0.5) is 0 Å². The van der Waals surface area contributed by atoms with E-state index < -0.39 is 0 Å². The SMILES string of the molecule is CC(C)(C)NCC(=O)NC1C2CC3CC(C2)CC1C3. The highest BCUT2D eigenvalue weighted by Crippen LogP contribution is 2.53. The smallest absolute Gasteiger partial charge is 0.234 e. The molecule has 3 heteroatoms. The van der Waals surface area contributed by atoms with E-state index in [2.05, 4.69) is 31.4 Å². The van der Waals surface area contributed by atoms with Crippen LogP contribution >= 0.6 is 0 Å². The molecule has 0 atom stereocenters. The zero-order valence-electron chi connectivity index (χ0n) is 12.5. The van der Waals surface area contributed by atoms with Crippen LogP contribution in [0.1, 0.15) is 52.9 Å². The summed E-state index contributed by atoms with van der Waals surface area (Å²) in [4.78, 5) is 12.1. The Balaban J connectivity index is 1.54. The van der Waals surface area contributed by atoms with Gasteiger partial charge in [0, 0.05) is 11.6 Å². The molecular weight excluding hydrogens is 236 g/mol. The maximum atomic E-state index is 12.1. The zero-order valence-corrected chi connectivity index (χ0v) is 12.5. The summed E-state index contributed by atoms with van der Waals surface area (Å²) in [5, 5.41) is 6.62. The van der Waals surface area contributed by atoms with Crippen molar-refractivity contribution < 1.29 is 4.79 Å². The molecule has 19 heavy (non-hydrogen) atoms. The molecule has 4 aliphatic rings. The molecule has 0 radical (unpaired) electrons. The van der Waals surface area contributed by atoms with Gasteiger partial charge in [0.05, 0.1) is 6.54 Å². The largest absolute Gasteiger partial charge is 0.352 e. The highest BCUT2D eigenvalue weighted by Gasteiger charge is 2.48. The van der Waals surface area contributed by atoms with Gasteiger partial charge in [0.15, 0.2) is 0 Å². The van der Waals surface area contributed by atoms with E-state index in [0.717, 1.165) is 23.7 Å². The fourth-order valence-corrected chi connectivity index (χ4v) is 4.74. The van der Waals surface area contributed by atoms with Crippen LogP contribution in [-0.2, 0) is 4.79 Å². The van der Waals surface area contributed by atoms with Crippen LogP contribution in [0.3, 0.4) is 0 Å². The molecule has 0 aromatic heterocycles. The first-order valence-electron chi connectivity index (χ1n) is 7.95. The molecule has 0 aromatic carbocycles. The Morgan fingerprint density at radius 1 is 1.00 bits per heavy atom. The van der Waals surface area contributed by atoms with Gasteiger partial charge < -0.3 is 10.6 Å². The number of hydrogen-bond donors (Lipinski definition) is 2.